The van der Waals surface area contributed by atoms with Gasteiger partial charge in [0.1, 0.15) is 13.2 Å². The van der Waals surface area contributed by atoms with Crippen molar-refractivity contribution in [2.45, 2.75) is 51.0 Å². The van der Waals surface area contributed by atoms with Crippen LogP contribution in [0.2, 0.25) is 0 Å². The van der Waals surface area contributed by atoms with E-state index < -0.39 is 71.8 Å². The molecular weight excluding hydrogens is 626 g/mol. The van der Waals surface area contributed by atoms with Crippen molar-refractivity contribution >= 4 is 36.1 Å². The summed E-state index contributed by atoms with van der Waals surface area (Å²) in [5, 5.41) is 36.7. The molecule has 2 saturated heterocycles. The molecule has 0 bridgehead atoms. The standard InChI is InChI=1S/2C15H17NO6.2Na/c2*1-10-8-16(15(10,13(19)20)7-12(17)18)14(21)22-9-11-5-3-2-4-6-11;;/h2*2-6,10H,7-9H2,1H3,(H,17,18)(H,19,20);;/q;;2*+1/t2*10-,15+;;/m00../s1. The van der Waals surface area contributed by atoms with Gasteiger partial charge in [-0.1, -0.05) is 74.5 Å². The van der Waals surface area contributed by atoms with Crippen LogP contribution in [0.1, 0.15) is 37.8 Å². The Kier molecular flexibility index (Phi) is 15.7. The number of carbonyl (C=O) groups excluding carboxylic acids is 2. The Morgan fingerprint density at radius 2 is 0.935 bits per heavy atom. The van der Waals surface area contributed by atoms with Gasteiger partial charge in [-0.05, 0) is 11.1 Å². The molecule has 2 aromatic rings. The molecule has 4 atom stereocenters. The van der Waals surface area contributed by atoms with E-state index >= 15 is 0 Å². The summed E-state index contributed by atoms with van der Waals surface area (Å²) >= 11 is 0. The number of benzene rings is 2. The summed E-state index contributed by atoms with van der Waals surface area (Å²) in [5.41, 5.74) is -1.94. The van der Waals surface area contributed by atoms with Crippen LogP contribution in [0.25, 0.3) is 0 Å². The molecule has 0 spiro atoms. The predicted octanol–water partition coefficient (Wildman–Crippen LogP) is -2.85. The smallest absolute Gasteiger partial charge is 0.481 e. The number of nitrogens with zero attached hydrogens (tertiary/aromatic N) is 2. The number of carboxylic acid groups (broad SMARTS) is 4. The zero-order valence-corrected chi connectivity index (χ0v) is 30.1. The third-order valence-corrected chi connectivity index (χ3v) is 7.94. The van der Waals surface area contributed by atoms with Gasteiger partial charge < -0.3 is 29.9 Å². The van der Waals surface area contributed by atoms with Gasteiger partial charge in [-0.3, -0.25) is 19.4 Å². The maximum absolute atomic E-state index is 12.1. The monoisotopic (exact) mass is 660 g/mol. The molecule has 0 radical (unpaired) electrons. The van der Waals surface area contributed by atoms with Gasteiger partial charge in [0.2, 0.25) is 0 Å². The van der Waals surface area contributed by atoms with Gasteiger partial charge in [-0.15, -0.1) is 0 Å². The number of carboxylic acids is 4. The van der Waals surface area contributed by atoms with E-state index in [2.05, 4.69) is 0 Å². The third-order valence-electron chi connectivity index (χ3n) is 7.94. The Hall–Kier alpha value is -3.14. The van der Waals surface area contributed by atoms with Gasteiger partial charge in [0.05, 0.1) is 12.8 Å². The summed E-state index contributed by atoms with van der Waals surface area (Å²) < 4.78 is 10.2. The average Bonchev–Trinajstić information content (AvgIpc) is 2.98. The van der Waals surface area contributed by atoms with Crippen LogP contribution >= 0.6 is 0 Å². The van der Waals surface area contributed by atoms with Crippen LogP contribution in [0.15, 0.2) is 60.7 Å². The molecule has 4 N–H and O–H groups in total. The zero-order chi connectivity index (χ0) is 32.7. The van der Waals surface area contributed by atoms with E-state index in [0.717, 1.165) is 20.9 Å². The fourth-order valence-corrected chi connectivity index (χ4v) is 5.36. The van der Waals surface area contributed by atoms with Crippen molar-refractivity contribution in [3.8, 4) is 0 Å². The van der Waals surface area contributed by atoms with E-state index in [9.17, 15) is 39.0 Å². The Morgan fingerprint density at radius 3 is 1.17 bits per heavy atom. The minimum Gasteiger partial charge on any atom is -0.481 e. The predicted molar refractivity (Wildman–Crippen MR) is 150 cm³/mol. The maximum atomic E-state index is 12.1. The van der Waals surface area contributed by atoms with Crippen LogP contribution in [0.4, 0.5) is 9.59 Å². The normalized spacial score (nSPS) is 22.5. The molecule has 2 aromatic carbocycles. The van der Waals surface area contributed by atoms with Gasteiger partial charge in [0.25, 0.3) is 0 Å². The number of likely N-dealkylation sites (tertiary alicyclic amines) is 2. The van der Waals surface area contributed by atoms with Crippen molar-refractivity contribution in [2.75, 3.05) is 13.1 Å². The first-order chi connectivity index (χ1) is 20.7. The number of amides is 2. The van der Waals surface area contributed by atoms with E-state index in [0.29, 0.717) is 0 Å². The van der Waals surface area contributed by atoms with Crippen molar-refractivity contribution in [3.05, 3.63) is 71.8 Å². The fourth-order valence-electron chi connectivity index (χ4n) is 5.36. The van der Waals surface area contributed by atoms with Crippen molar-refractivity contribution in [3.63, 3.8) is 0 Å². The summed E-state index contributed by atoms with van der Waals surface area (Å²) in [6.45, 7) is 3.55. The van der Waals surface area contributed by atoms with Crippen LogP contribution < -0.4 is 59.1 Å². The molecule has 4 rings (SSSR count). The second-order valence-electron chi connectivity index (χ2n) is 10.7. The second-order valence-corrected chi connectivity index (χ2v) is 10.7. The maximum Gasteiger partial charge on any atom is 1.00 e. The van der Waals surface area contributed by atoms with Crippen molar-refractivity contribution < 1.29 is 118 Å². The van der Waals surface area contributed by atoms with E-state index in [1.165, 1.54) is 0 Å². The van der Waals surface area contributed by atoms with Crippen LogP contribution in [0, 0.1) is 11.8 Å². The van der Waals surface area contributed by atoms with Crippen LogP contribution in [0.3, 0.4) is 0 Å². The van der Waals surface area contributed by atoms with Crippen LogP contribution in [-0.4, -0.2) is 90.5 Å². The summed E-state index contributed by atoms with van der Waals surface area (Å²) in [6, 6.07) is 17.9. The first-order valence-electron chi connectivity index (χ1n) is 13.6. The fraction of sp³-hybridized carbons (Fsp3) is 0.400. The summed E-state index contributed by atoms with van der Waals surface area (Å²) in [7, 11) is 0. The van der Waals surface area contributed by atoms with E-state index in [1.807, 2.05) is 12.1 Å². The molecule has 0 aromatic heterocycles. The first kappa shape index (κ1) is 40.9. The molecule has 2 aliphatic rings. The first-order valence-corrected chi connectivity index (χ1v) is 13.6. The minimum atomic E-state index is -1.74. The molecule has 2 heterocycles. The summed E-state index contributed by atoms with van der Waals surface area (Å²) in [4.78, 5) is 71.1. The minimum absolute atomic E-state index is 0. The topological polar surface area (TPSA) is 208 Å². The van der Waals surface area contributed by atoms with Crippen LogP contribution in [0.5, 0.6) is 0 Å². The summed E-state index contributed by atoms with van der Waals surface area (Å²) in [5.74, 6) is -6.10. The molecule has 46 heavy (non-hydrogen) atoms. The quantitative estimate of drug-likeness (QED) is 0.190. The van der Waals surface area contributed by atoms with E-state index in [4.69, 9.17) is 19.7 Å². The van der Waals surface area contributed by atoms with Gasteiger partial charge in [0.15, 0.2) is 11.1 Å². The van der Waals surface area contributed by atoms with E-state index in [-0.39, 0.29) is 85.4 Å². The Morgan fingerprint density at radius 1 is 0.630 bits per heavy atom. The van der Waals surface area contributed by atoms with Gasteiger partial charge in [-0.2, -0.15) is 0 Å². The van der Waals surface area contributed by atoms with Crippen molar-refractivity contribution in [2.24, 2.45) is 11.8 Å². The molecule has 16 heteroatoms. The van der Waals surface area contributed by atoms with E-state index in [1.54, 1.807) is 62.4 Å². The SMILES string of the molecule is C[C@H]1CN(C(=O)OCc2ccccc2)[C@@]1(CC(=O)O)C(=O)O.C[C@H]1CN(C(=O)OCc2ccccc2)[C@@]1(CC(=O)O)C(=O)O.[Na+].[Na+]. The molecule has 0 saturated carbocycles. The molecule has 2 aliphatic heterocycles. The number of ether oxygens (including phenoxy) is 2. The van der Waals surface area contributed by atoms with Crippen molar-refractivity contribution in [1.82, 2.24) is 9.80 Å². The molecule has 0 unspecified atom stereocenters. The third kappa shape index (κ3) is 9.02. The van der Waals surface area contributed by atoms with Gasteiger partial charge in [0, 0.05) is 24.9 Å². The number of aliphatic carboxylic acids is 4. The average molecular weight is 661 g/mol. The number of hydrogen-bond acceptors (Lipinski definition) is 8. The molecular formula is C30H34N2Na2O12+2. The molecule has 2 fully saturated rings. The Labute approximate surface area is 309 Å². The summed E-state index contributed by atoms with van der Waals surface area (Å²) in [6.07, 6.45) is -2.93. The Bertz CT molecular complexity index is 1290. The number of hydrogen-bond donors (Lipinski definition) is 4. The van der Waals surface area contributed by atoms with Gasteiger partial charge >= 0.3 is 95.2 Å². The van der Waals surface area contributed by atoms with Gasteiger partial charge in [-0.25, -0.2) is 19.2 Å². The number of rotatable bonds is 10. The molecule has 0 aliphatic carbocycles. The zero-order valence-electron chi connectivity index (χ0n) is 26.1. The second kappa shape index (κ2) is 17.7. The number of carbonyl (C=O) groups is 6. The Balaban J connectivity index is 0.000000441. The largest absolute Gasteiger partial charge is 1.00 e. The molecule has 2 amide bonds. The van der Waals surface area contributed by atoms with Crippen molar-refractivity contribution in [1.29, 1.82) is 0 Å². The molecule has 14 nitrogen and oxygen atoms in total. The molecule has 236 valence electrons. The van der Waals surface area contributed by atoms with Crippen LogP contribution in [-0.2, 0) is 41.9 Å².